The van der Waals surface area contributed by atoms with E-state index in [-0.39, 0.29) is 23.8 Å². The number of urea groups is 1. The third-order valence-corrected chi connectivity index (χ3v) is 3.74. The van der Waals surface area contributed by atoms with Gasteiger partial charge in [0.15, 0.2) is 0 Å². The van der Waals surface area contributed by atoms with E-state index in [0.29, 0.717) is 6.54 Å². The number of rotatable bonds is 0. The van der Waals surface area contributed by atoms with E-state index >= 15 is 0 Å². The van der Waals surface area contributed by atoms with Gasteiger partial charge in [0.25, 0.3) is 0 Å². The van der Waals surface area contributed by atoms with Crippen molar-refractivity contribution in [3.8, 4) is 0 Å². The van der Waals surface area contributed by atoms with E-state index in [4.69, 9.17) is 0 Å². The largest absolute Gasteiger partial charge is 0.341 e. The van der Waals surface area contributed by atoms with Gasteiger partial charge in [0.05, 0.1) is 6.54 Å². The highest BCUT2D eigenvalue weighted by molar-refractivity contribution is 5.96. The highest BCUT2D eigenvalue weighted by atomic mass is 16.2. The zero-order valence-electron chi connectivity index (χ0n) is 10.9. The van der Waals surface area contributed by atoms with Crippen molar-refractivity contribution >= 4 is 11.9 Å². The van der Waals surface area contributed by atoms with Crippen molar-refractivity contribution in [2.75, 3.05) is 7.05 Å². The van der Waals surface area contributed by atoms with Crippen LogP contribution < -0.4 is 5.32 Å². The number of fused-ring (bicyclic) bond motifs is 1. The highest BCUT2D eigenvalue weighted by Crippen LogP contribution is 2.32. The number of imide groups is 1. The van der Waals surface area contributed by atoms with Crippen molar-refractivity contribution < 1.29 is 9.59 Å². The summed E-state index contributed by atoms with van der Waals surface area (Å²) in [7, 11) is 1.54. The lowest BCUT2D eigenvalue weighted by Crippen LogP contribution is -2.43. The fraction of sp³-hybridized carbons (Fsp3) is 0.429. The van der Waals surface area contributed by atoms with Crippen LogP contribution in [0.2, 0.25) is 0 Å². The molecule has 0 spiro atoms. The summed E-state index contributed by atoms with van der Waals surface area (Å²) in [6, 6.07) is 7.59. The normalized spacial score (nSPS) is 23.3. The summed E-state index contributed by atoms with van der Waals surface area (Å²) in [6.45, 7) is 4.27. The van der Waals surface area contributed by atoms with Gasteiger partial charge in [-0.25, -0.2) is 4.79 Å². The topological polar surface area (TPSA) is 49.4 Å². The lowest BCUT2D eigenvalue weighted by Gasteiger charge is -2.21. The van der Waals surface area contributed by atoms with Gasteiger partial charge in [-0.2, -0.15) is 0 Å². The van der Waals surface area contributed by atoms with E-state index in [1.807, 2.05) is 38.1 Å². The third-order valence-electron chi connectivity index (χ3n) is 3.74. The molecule has 4 nitrogen and oxygen atoms in total. The molecule has 96 valence electrons. The fourth-order valence-corrected chi connectivity index (χ4v) is 2.41. The van der Waals surface area contributed by atoms with Crippen LogP contribution >= 0.6 is 0 Å². The van der Waals surface area contributed by atoms with Crippen LogP contribution in [0.25, 0.3) is 0 Å². The van der Waals surface area contributed by atoms with E-state index in [0.717, 1.165) is 11.1 Å². The Morgan fingerprint density at radius 3 is 2.61 bits per heavy atom. The molecule has 0 aliphatic carbocycles. The van der Waals surface area contributed by atoms with Crippen LogP contribution in [-0.2, 0) is 11.3 Å². The second-order valence-corrected chi connectivity index (χ2v) is 4.76. The van der Waals surface area contributed by atoms with Gasteiger partial charge in [-0.15, -0.1) is 0 Å². The second kappa shape index (κ2) is 4.80. The molecule has 1 aromatic rings. The molecular formula is C14H18N2O2. The molecule has 0 bridgehead atoms. The van der Waals surface area contributed by atoms with Gasteiger partial charge < -0.3 is 5.32 Å². The first-order chi connectivity index (χ1) is 8.56. The van der Waals surface area contributed by atoms with Crippen LogP contribution in [-0.4, -0.2) is 23.9 Å². The van der Waals surface area contributed by atoms with Crippen molar-refractivity contribution in [1.82, 2.24) is 10.2 Å². The van der Waals surface area contributed by atoms with E-state index in [2.05, 4.69) is 5.32 Å². The molecule has 2 unspecified atom stereocenters. The first-order valence-corrected chi connectivity index (χ1v) is 6.17. The van der Waals surface area contributed by atoms with Crippen molar-refractivity contribution in [2.45, 2.75) is 26.3 Å². The van der Waals surface area contributed by atoms with Gasteiger partial charge >= 0.3 is 6.03 Å². The highest BCUT2D eigenvalue weighted by Gasteiger charge is 2.34. The number of nitrogens with one attached hydrogen (secondary N) is 1. The van der Waals surface area contributed by atoms with Gasteiger partial charge in [0, 0.05) is 13.0 Å². The Bertz CT molecular complexity index is 484. The van der Waals surface area contributed by atoms with Gasteiger partial charge in [-0.3, -0.25) is 9.69 Å². The SMILES string of the molecule is CNC(=O)N1Cc2ccccc2C(C)C(C)C1=O. The van der Waals surface area contributed by atoms with Crippen molar-refractivity contribution in [1.29, 1.82) is 0 Å². The minimum Gasteiger partial charge on any atom is -0.341 e. The number of benzene rings is 1. The Labute approximate surface area is 107 Å². The first-order valence-electron chi connectivity index (χ1n) is 6.17. The van der Waals surface area contributed by atoms with Gasteiger partial charge in [0.2, 0.25) is 5.91 Å². The minimum absolute atomic E-state index is 0.113. The third kappa shape index (κ3) is 1.98. The average molecular weight is 246 g/mol. The van der Waals surface area contributed by atoms with Crippen molar-refractivity contribution in [3.05, 3.63) is 35.4 Å². The molecule has 0 saturated heterocycles. The number of carbonyl (C=O) groups excluding carboxylic acids is 2. The van der Waals surface area contributed by atoms with E-state index in [9.17, 15) is 9.59 Å². The molecule has 0 saturated carbocycles. The minimum atomic E-state index is -0.337. The number of nitrogens with zero attached hydrogens (tertiary/aromatic N) is 1. The number of hydrogen-bond acceptors (Lipinski definition) is 2. The second-order valence-electron chi connectivity index (χ2n) is 4.76. The quantitative estimate of drug-likeness (QED) is 0.762. The Balaban J connectivity index is 2.46. The summed E-state index contributed by atoms with van der Waals surface area (Å²) in [5.74, 6) is -0.174. The van der Waals surface area contributed by atoms with Crippen LogP contribution in [0.15, 0.2) is 24.3 Å². The summed E-state index contributed by atoms with van der Waals surface area (Å²) in [5.41, 5.74) is 2.20. The molecule has 0 aromatic heterocycles. The number of hydrogen-bond donors (Lipinski definition) is 1. The lowest BCUT2D eigenvalue weighted by molar-refractivity contribution is -0.132. The van der Waals surface area contributed by atoms with Crippen LogP contribution in [0.1, 0.15) is 30.9 Å². The van der Waals surface area contributed by atoms with Crippen LogP contribution in [0.4, 0.5) is 4.79 Å². The van der Waals surface area contributed by atoms with Crippen LogP contribution in [0.3, 0.4) is 0 Å². The van der Waals surface area contributed by atoms with Crippen molar-refractivity contribution in [3.63, 3.8) is 0 Å². The Kier molecular flexibility index (Phi) is 3.36. The molecule has 18 heavy (non-hydrogen) atoms. The van der Waals surface area contributed by atoms with E-state index in [1.54, 1.807) is 7.05 Å². The monoisotopic (exact) mass is 246 g/mol. The summed E-state index contributed by atoms with van der Waals surface area (Å²) in [4.78, 5) is 25.4. The Hall–Kier alpha value is -1.84. The maximum absolute atomic E-state index is 12.3. The van der Waals surface area contributed by atoms with Crippen molar-refractivity contribution in [2.24, 2.45) is 5.92 Å². The van der Waals surface area contributed by atoms with Crippen LogP contribution in [0.5, 0.6) is 0 Å². The molecule has 1 aromatic carbocycles. The zero-order chi connectivity index (χ0) is 13.3. The molecule has 0 fully saturated rings. The summed E-state index contributed by atoms with van der Waals surface area (Å²) in [5, 5.41) is 2.53. The predicted molar refractivity (Wildman–Crippen MR) is 69.0 cm³/mol. The van der Waals surface area contributed by atoms with E-state index in [1.165, 1.54) is 4.90 Å². The molecular weight excluding hydrogens is 228 g/mol. The summed E-state index contributed by atoms with van der Waals surface area (Å²) < 4.78 is 0. The van der Waals surface area contributed by atoms with E-state index < -0.39 is 0 Å². The molecule has 2 rings (SSSR count). The predicted octanol–water partition coefficient (Wildman–Crippen LogP) is 2.11. The summed E-state index contributed by atoms with van der Waals surface area (Å²) in [6.07, 6.45) is 0. The Morgan fingerprint density at radius 1 is 1.28 bits per heavy atom. The van der Waals surface area contributed by atoms with Crippen LogP contribution in [0, 0.1) is 5.92 Å². The number of amides is 3. The molecule has 4 heteroatoms. The molecule has 1 aliphatic heterocycles. The molecule has 1 aliphatic rings. The zero-order valence-corrected chi connectivity index (χ0v) is 10.9. The maximum Gasteiger partial charge on any atom is 0.324 e. The van der Waals surface area contributed by atoms with Gasteiger partial charge in [-0.1, -0.05) is 38.1 Å². The lowest BCUT2D eigenvalue weighted by atomic mass is 9.87. The Morgan fingerprint density at radius 2 is 1.94 bits per heavy atom. The average Bonchev–Trinajstić information content (AvgIpc) is 2.49. The summed E-state index contributed by atoms with van der Waals surface area (Å²) >= 11 is 0. The standard InChI is InChI=1S/C14H18N2O2/c1-9-10(2)13(17)16(14(18)15-3)8-11-6-4-5-7-12(9)11/h4-7,9-10H,8H2,1-3H3,(H,15,18). The smallest absolute Gasteiger partial charge is 0.324 e. The van der Waals surface area contributed by atoms with Gasteiger partial charge in [0.1, 0.15) is 0 Å². The first kappa shape index (κ1) is 12.6. The maximum atomic E-state index is 12.3. The molecule has 0 radical (unpaired) electrons. The van der Waals surface area contributed by atoms with Gasteiger partial charge in [-0.05, 0) is 17.0 Å². The molecule has 1 heterocycles. The fourth-order valence-electron chi connectivity index (χ4n) is 2.41. The molecule has 3 amide bonds. The number of carbonyl (C=O) groups is 2. The molecule has 1 N–H and O–H groups in total. The molecule has 2 atom stereocenters.